The third-order valence-corrected chi connectivity index (χ3v) is 4.16. The molecule has 2 nitrogen and oxygen atoms in total. The van der Waals surface area contributed by atoms with E-state index in [1.165, 1.54) is 11.6 Å². The van der Waals surface area contributed by atoms with Gasteiger partial charge in [-0.05, 0) is 38.6 Å². The van der Waals surface area contributed by atoms with Crippen molar-refractivity contribution in [1.29, 1.82) is 0 Å². The number of halogens is 3. The summed E-state index contributed by atoms with van der Waals surface area (Å²) in [6.45, 7) is 5.93. The van der Waals surface area contributed by atoms with Gasteiger partial charge in [-0.25, -0.2) is 8.78 Å². The van der Waals surface area contributed by atoms with Gasteiger partial charge < -0.3 is 4.90 Å². The Hall–Kier alpha value is -1.26. The molecule has 0 unspecified atom stereocenters. The van der Waals surface area contributed by atoms with Crippen LogP contribution in [0.25, 0.3) is 0 Å². The molecule has 1 aromatic rings. The van der Waals surface area contributed by atoms with Crippen molar-refractivity contribution in [3.05, 3.63) is 45.6 Å². The molecule has 120 valence electrons. The maximum absolute atomic E-state index is 14.0. The van der Waals surface area contributed by atoms with E-state index in [0.717, 1.165) is 37.7 Å². The highest BCUT2D eigenvalue weighted by Gasteiger charge is 2.21. The van der Waals surface area contributed by atoms with Gasteiger partial charge >= 0.3 is 0 Å². The van der Waals surface area contributed by atoms with Crippen LogP contribution < -0.4 is 0 Å². The van der Waals surface area contributed by atoms with Gasteiger partial charge in [0.25, 0.3) is 0 Å². The van der Waals surface area contributed by atoms with Gasteiger partial charge in [0.15, 0.2) is 0 Å². The van der Waals surface area contributed by atoms with E-state index in [1.54, 1.807) is 0 Å². The highest BCUT2D eigenvalue weighted by Crippen LogP contribution is 2.27. The molecule has 1 aliphatic heterocycles. The van der Waals surface area contributed by atoms with Gasteiger partial charge in [-0.15, -0.1) is 0 Å². The summed E-state index contributed by atoms with van der Waals surface area (Å²) in [6, 6.07) is 2.14. The SMILES string of the molecule is CCCCN(C)CC1=C(C)N=C(c2cc(Cl)c(F)cc2F)C1. The van der Waals surface area contributed by atoms with Crippen molar-refractivity contribution < 1.29 is 8.78 Å². The summed E-state index contributed by atoms with van der Waals surface area (Å²) in [5.41, 5.74) is 3.00. The lowest BCUT2D eigenvalue weighted by Gasteiger charge is -2.17. The first kappa shape index (κ1) is 17.1. The first-order valence-corrected chi connectivity index (χ1v) is 7.89. The van der Waals surface area contributed by atoms with E-state index < -0.39 is 11.6 Å². The summed E-state index contributed by atoms with van der Waals surface area (Å²) in [7, 11) is 2.07. The van der Waals surface area contributed by atoms with E-state index in [4.69, 9.17) is 11.6 Å². The van der Waals surface area contributed by atoms with Gasteiger partial charge in [0.2, 0.25) is 0 Å². The fourth-order valence-corrected chi connectivity index (χ4v) is 2.72. The minimum atomic E-state index is -0.745. The zero-order chi connectivity index (χ0) is 16.3. The van der Waals surface area contributed by atoms with E-state index in [2.05, 4.69) is 23.9 Å². The molecular formula is C17H21ClF2N2. The van der Waals surface area contributed by atoms with Crippen LogP contribution in [0.5, 0.6) is 0 Å². The summed E-state index contributed by atoms with van der Waals surface area (Å²) in [6.07, 6.45) is 2.89. The number of likely N-dealkylation sites (N-methyl/N-ethyl adjacent to an activating group) is 1. The molecule has 0 fully saturated rings. The van der Waals surface area contributed by atoms with Crippen molar-refractivity contribution in [3.63, 3.8) is 0 Å². The molecule has 0 saturated carbocycles. The van der Waals surface area contributed by atoms with Crippen molar-refractivity contribution in [2.45, 2.75) is 33.1 Å². The number of hydrogen-bond acceptors (Lipinski definition) is 2. The third-order valence-electron chi connectivity index (χ3n) is 3.87. The lowest BCUT2D eigenvalue weighted by atomic mass is 10.0. The van der Waals surface area contributed by atoms with Gasteiger partial charge in [-0.1, -0.05) is 24.9 Å². The second kappa shape index (κ2) is 7.34. The van der Waals surface area contributed by atoms with Crippen LogP contribution >= 0.6 is 11.6 Å². The zero-order valence-corrected chi connectivity index (χ0v) is 14.0. The van der Waals surface area contributed by atoms with Crippen molar-refractivity contribution >= 4 is 17.3 Å². The van der Waals surface area contributed by atoms with E-state index in [1.807, 2.05) is 6.92 Å². The van der Waals surface area contributed by atoms with Gasteiger partial charge in [0.05, 0.1) is 10.7 Å². The first-order valence-electron chi connectivity index (χ1n) is 7.52. The van der Waals surface area contributed by atoms with Gasteiger partial charge in [0.1, 0.15) is 11.6 Å². The van der Waals surface area contributed by atoms with Crippen LogP contribution in [0.1, 0.15) is 38.7 Å². The average Bonchev–Trinajstić information content (AvgIpc) is 2.81. The number of aliphatic imine (C=N–C) groups is 1. The molecule has 1 aliphatic rings. The molecule has 0 radical (unpaired) electrons. The van der Waals surface area contributed by atoms with Crippen LogP contribution in [0.3, 0.4) is 0 Å². The first-order chi connectivity index (χ1) is 10.4. The Morgan fingerprint density at radius 1 is 1.27 bits per heavy atom. The number of nitrogens with zero attached hydrogens (tertiary/aromatic N) is 2. The van der Waals surface area contributed by atoms with E-state index in [-0.39, 0.29) is 10.6 Å². The minimum absolute atomic E-state index is 0.0785. The molecule has 2 rings (SSSR count). The number of rotatable bonds is 6. The lowest BCUT2D eigenvalue weighted by molar-refractivity contribution is 0.353. The second-order valence-electron chi connectivity index (χ2n) is 5.76. The summed E-state index contributed by atoms with van der Waals surface area (Å²) >= 11 is 5.76. The Bertz CT molecular complexity index is 623. The van der Waals surface area contributed by atoms with Gasteiger partial charge in [-0.2, -0.15) is 0 Å². The number of allylic oxidation sites excluding steroid dienone is 1. The maximum Gasteiger partial charge on any atom is 0.144 e. The third kappa shape index (κ3) is 3.93. The van der Waals surface area contributed by atoms with E-state index in [9.17, 15) is 8.78 Å². The molecule has 5 heteroatoms. The average molecular weight is 327 g/mol. The van der Waals surface area contributed by atoms with E-state index in [0.29, 0.717) is 12.1 Å². The van der Waals surface area contributed by atoms with Crippen LogP contribution in [-0.4, -0.2) is 30.7 Å². The lowest BCUT2D eigenvalue weighted by Crippen LogP contribution is -2.22. The predicted octanol–water partition coefficient (Wildman–Crippen LogP) is 4.82. The molecule has 0 bridgehead atoms. The molecule has 1 aromatic carbocycles. The molecule has 0 spiro atoms. The summed E-state index contributed by atoms with van der Waals surface area (Å²) in [4.78, 5) is 6.70. The molecule has 0 atom stereocenters. The predicted molar refractivity (Wildman–Crippen MR) is 87.6 cm³/mol. The van der Waals surface area contributed by atoms with Crippen molar-refractivity contribution in [3.8, 4) is 0 Å². The van der Waals surface area contributed by atoms with Crippen molar-refractivity contribution in [1.82, 2.24) is 4.90 Å². The highest BCUT2D eigenvalue weighted by atomic mass is 35.5. The topological polar surface area (TPSA) is 15.6 Å². The van der Waals surface area contributed by atoms with Crippen LogP contribution in [0, 0.1) is 11.6 Å². The quantitative estimate of drug-likeness (QED) is 0.684. The summed E-state index contributed by atoms with van der Waals surface area (Å²) < 4.78 is 27.2. The molecule has 0 aliphatic carbocycles. The Kier molecular flexibility index (Phi) is 5.70. The number of unbranched alkanes of at least 4 members (excludes halogenated alkanes) is 1. The van der Waals surface area contributed by atoms with Crippen LogP contribution in [0.2, 0.25) is 5.02 Å². The smallest absolute Gasteiger partial charge is 0.144 e. The molecular weight excluding hydrogens is 306 g/mol. The van der Waals surface area contributed by atoms with Crippen molar-refractivity contribution in [2.75, 3.05) is 20.1 Å². The Balaban J connectivity index is 2.10. The standard InChI is InChI=1S/C17H21ClF2N2/c1-4-5-6-22(3)10-12-7-17(21-11(12)2)13-8-14(18)16(20)9-15(13)19/h8-9H,4-7,10H2,1-3H3. The Morgan fingerprint density at radius 2 is 2.00 bits per heavy atom. The minimum Gasteiger partial charge on any atom is -0.302 e. The fraction of sp³-hybridized carbons (Fsp3) is 0.471. The fourth-order valence-electron chi connectivity index (χ4n) is 2.55. The molecule has 0 amide bonds. The molecule has 0 aromatic heterocycles. The van der Waals surface area contributed by atoms with Crippen LogP contribution in [-0.2, 0) is 0 Å². The van der Waals surface area contributed by atoms with Crippen LogP contribution in [0.15, 0.2) is 28.4 Å². The monoisotopic (exact) mass is 326 g/mol. The summed E-state index contributed by atoms with van der Waals surface area (Å²) in [5.74, 6) is -1.36. The number of hydrogen-bond donors (Lipinski definition) is 0. The zero-order valence-electron chi connectivity index (χ0n) is 13.2. The number of benzene rings is 1. The molecule has 22 heavy (non-hydrogen) atoms. The molecule has 1 heterocycles. The highest BCUT2D eigenvalue weighted by molar-refractivity contribution is 6.31. The largest absolute Gasteiger partial charge is 0.302 e. The van der Waals surface area contributed by atoms with Crippen molar-refractivity contribution in [2.24, 2.45) is 4.99 Å². The molecule has 0 N–H and O–H groups in total. The summed E-state index contributed by atoms with van der Waals surface area (Å²) in [5, 5.41) is -0.0785. The second-order valence-corrected chi connectivity index (χ2v) is 6.17. The van der Waals surface area contributed by atoms with Gasteiger partial charge in [0, 0.05) is 30.3 Å². The Labute approximate surface area is 135 Å². The Morgan fingerprint density at radius 3 is 2.68 bits per heavy atom. The normalized spacial score (nSPS) is 15.0. The molecule has 0 saturated heterocycles. The van der Waals surface area contributed by atoms with Gasteiger partial charge in [-0.3, -0.25) is 4.99 Å². The maximum atomic E-state index is 14.0. The van der Waals surface area contributed by atoms with E-state index >= 15 is 0 Å². The van der Waals surface area contributed by atoms with Crippen LogP contribution in [0.4, 0.5) is 8.78 Å².